The number of halogens is 1. The van der Waals surface area contributed by atoms with E-state index in [2.05, 4.69) is 127 Å². The minimum atomic E-state index is -0.431. The van der Waals surface area contributed by atoms with Crippen LogP contribution in [0.1, 0.15) is 186 Å². The van der Waals surface area contributed by atoms with E-state index in [4.69, 9.17) is 0 Å². The molecule has 1 saturated heterocycles. The molecule has 0 aromatic heterocycles. The van der Waals surface area contributed by atoms with Crippen molar-refractivity contribution in [3.63, 3.8) is 0 Å². The fraction of sp³-hybridized carbons (Fsp3) is 0.508. The predicted molar refractivity (Wildman–Crippen MR) is 324 cm³/mol. The summed E-state index contributed by atoms with van der Waals surface area (Å²) in [6.45, 7) is 41.2. The van der Waals surface area contributed by atoms with E-state index in [0.29, 0.717) is 23.6 Å². The van der Waals surface area contributed by atoms with Crippen LogP contribution >= 0.6 is 0 Å². The molecule has 1 atom stereocenters. The number of hydrogen-bond donors (Lipinski definition) is 5. The van der Waals surface area contributed by atoms with Gasteiger partial charge in [0.05, 0.1) is 5.69 Å². The van der Waals surface area contributed by atoms with Crippen molar-refractivity contribution in [2.75, 3.05) is 51.0 Å². The summed E-state index contributed by atoms with van der Waals surface area (Å²) in [5.41, 5.74) is 20.2. The van der Waals surface area contributed by atoms with Gasteiger partial charge in [-0.15, -0.1) is 6.58 Å². The smallest absolute Gasteiger partial charge is 0.242 e. The number of carbonyl (C=O) groups is 2. The molecule has 3 aliphatic rings. The maximum Gasteiger partial charge on any atom is 0.242 e. The summed E-state index contributed by atoms with van der Waals surface area (Å²) in [5, 5.41) is 8.76. The van der Waals surface area contributed by atoms with Crippen molar-refractivity contribution in [2.24, 2.45) is 5.92 Å². The Morgan fingerprint density at radius 1 is 0.838 bits per heavy atom. The number of hydrogen-bond acceptors (Lipinski definition) is 7. The molecule has 0 radical (unpaired) electrons. The van der Waals surface area contributed by atoms with Crippen LogP contribution in [0, 0.1) is 18.7 Å². The number of likely N-dealkylation sites (N-methyl/N-ethyl adjacent to an activating group) is 2. The predicted octanol–water partition coefficient (Wildman–Crippen LogP) is 16.5. The Kier molecular flexibility index (Phi) is 38.0. The third-order valence-electron chi connectivity index (χ3n) is 12.7. The van der Waals surface area contributed by atoms with Gasteiger partial charge >= 0.3 is 0 Å². The van der Waals surface area contributed by atoms with E-state index >= 15 is 0 Å². The molecule has 3 aromatic carbocycles. The van der Waals surface area contributed by atoms with Crippen molar-refractivity contribution in [3.05, 3.63) is 160 Å². The maximum atomic E-state index is 13.3. The zero-order chi connectivity index (χ0) is 56.0. The minimum Gasteiger partial charge on any atom is -0.373 e. The van der Waals surface area contributed by atoms with E-state index in [1.54, 1.807) is 50.3 Å². The Balaban J connectivity index is 0.00000114. The zero-order valence-corrected chi connectivity index (χ0v) is 49.3. The van der Waals surface area contributed by atoms with Crippen molar-refractivity contribution in [3.8, 4) is 0 Å². The van der Waals surface area contributed by atoms with Gasteiger partial charge in [-0.05, 0) is 162 Å². The number of hydrazine groups is 1. The molecule has 74 heavy (non-hydrogen) atoms. The minimum absolute atomic E-state index is 0.129. The number of anilines is 2. The molecule has 0 saturated carbocycles. The fourth-order valence-corrected chi connectivity index (χ4v) is 8.86. The number of aryl methyl sites for hydroxylation is 1. The second kappa shape index (κ2) is 41.0. The fourth-order valence-electron chi connectivity index (χ4n) is 8.86. The van der Waals surface area contributed by atoms with Crippen molar-refractivity contribution in [1.82, 2.24) is 21.0 Å². The molecule has 1 amide bonds. The van der Waals surface area contributed by atoms with Crippen LogP contribution in [0.5, 0.6) is 0 Å². The van der Waals surface area contributed by atoms with Gasteiger partial charge < -0.3 is 21.4 Å². The van der Waals surface area contributed by atoms with Crippen LogP contribution < -0.4 is 26.8 Å². The summed E-state index contributed by atoms with van der Waals surface area (Å²) in [4.78, 5) is 25.6. The highest BCUT2D eigenvalue weighted by Crippen LogP contribution is 2.32. The monoisotopic (exact) mass is 1020 g/mol. The first-order valence-electron chi connectivity index (χ1n) is 28.2. The number of benzene rings is 3. The lowest BCUT2D eigenvalue weighted by Gasteiger charge is -2.32. The van der Waals surface area contributed by atoms with Crippen LogP contribution in [-0.4, -0.2) is 62.9 Å². The van der Waals surface area contributed by atoms with E-state index in [9.17, 15) is 14.0 Å². The van der Waals surface area contributed by atoms with Gasteiger partial charge in [-0.3, -0.25) is 14.5 Å². The second-order valence-corrected chi connectivity index (χ2v) is 18.1. The third kappa shape index (κ3) is 24.8. The Morgan fingerprint density at radius 3 is 1.99 bits per heavy atom. The molecule has 412 valence electrons. The van der Waals surface area contributed by atoms with Gasteiger partial charge in [-0.2, -0.15) is 0 Å². The van der Waals surface area contributed by atoms with E-state index < -0.39 is 6.04 Å². The molecule has 1 fully saturated rings. The van der Waals surface area contributed by atoms with Gasteiger partial charge in [0.1, 0.15) is 11.9 Å². The topological polar surface area (TPSA) is 97.5 Å². The SMILES string of the molecule is C=C(/C=C(\C)CN1CCC(c2ccc(C(C)=O)cc2)CC1)/C(=C\CNC)c1ccc2c(c1)CNN2.C=CCC(Nc1ccc(C)c(F)c1)C(=O)NC.CC.CC.CC.CC.CCCC(CCC)C1=CC=C(C)CC1. The van der Waals surface area contributed by atoms with Gasteiger partial charge in [0, 0.05) is 37.9 Å². The van der Waals surface area contributed by atoms with Gasteiger partial charge in [-0.25, -0.2) is 9.82 Å². The number of rotatable bonds is 19. The molecule has 8 nitrogen and oxygen atoms in total. The Hall–Kier alpha value is -5.35. The number of allylic oxidation sites excluding steroid dienone is 7. The summed E-state index contributed by atoms with van der Waals surface area (Å²) >= 11 is 0. The Labute approximate surface area is 452 Å². The van der Waals surface area contributed by atoms with E-state index in [0.717, 1.165) is 68.3 Å². The van der Waals surface area contributed by atoms with Crippen LogP contribution in [0.2, 0.25) is 0 Å². The lowest BCUT2D eigenvalue weighted by atomic mass is 9.84. The molecule has 9 heteroatoms. The number of ketones is 1. The number of amides is 1. The first kappa shape index (κ1) is 68.7. The molecule has 3 aromatic rings. The molecule has 1 aliphatic carbocycles. The highest BCUT2D eigenvalue weighted by Gasteiger charge is 2.22. The number of nitrogens with zero attached hydrogens (tertiary/aromatic N) is 1. The van der Waals surface area contributed by atoms with Crippen molar-refractivity contribution < 1.29 is 14.0 Å². The number of nitrogens with one attached hydrogen (secondary N) is 5. The van der Waals surface area contributed by atoms with Crippen LogP contribution in [0.4, 0.5) is 15.8 Å². The molecule has 5 N–H and O–H groups in total. The number of fused-ring (bicyclic) bond motifs is 1. The lowest BCUT2D eigenvalue weighted by Crippen LogP contribution is -2.37. The zero-order valence-electron chi connectivity index (χ0n) is 49.3. The van der Waals surface area contributed by atoms with Gasteiger partial charge in [0.15, 0.2) is 5.78 Å². The normalized spacial score (nSPS) is 14.4. The molecule has 2 aliphatic heterocycles. The van der Waals surface area contributed by atoms with Crippen LogP contribution in [0.15, 0.2) is 126 Å². The Morgan fingerprint density at radius 2 is 1.46 bits per heavy atom. The number of carbonyl (C=O) groups excluding carboxylic acids is 2. The summed E-state index contributed by atoms with van der Waals surface area (Å²) in [6.07, 6.45) is 21.6. The summed E-state index contributed by atoms with van der Waals surface area (Å²) in [6, 6.07) is 19.1. The highest BCUT2D eigenvalue weighted by atomic mass is 19.1. The molecular formula is C65H103FN6O2. The van der Waals surface area contributed by atoms with Gasteiger partial charge in [0.25, 0.3) is 0 Å². The van der Waals surface area contributed by atoms with Crippen LogP contribution in [0.25, 0.3) is 5.57 Å². The highest BCUT2D eigenvalue weighted by molar-refractivity contribution is 5.94. The maximum absolute atomic E-state index is 13.3. The lowest BCUT2D eigenvalue weighted by molar-refractivity contribution is -0.121. The average molecular weight is 1020 g/mol. The first-order chi connectivity index (χ1) is 35.8. The van der Waals surface area contributed by atoms with Crippen LogP contribution in [0.3, 0.4) is 0 Å². The molecular weight excluding hydrogens is 916 g/mol. The summed E-state index contributed by atoms with van der Waals surface area (Å²) in [7, 11) is 3.53. The number of Topliss-reactive ketones (excluding diaryl/α,β-unsaturated/α-hetero) is 1. The van der Waals surface area contributed by atoms with Crippen molar-refractivity contribution in [2.45, 2.75) is 173 Å². The first-order valence-corrected chi connectivity index (χ1v) is 28.2. The van der Waals surface area contributed by atoms with Crippen molar-refractivity contribution in [1.29, 1.82) is 0 Å². The number of piperidine rings is 1. The number of likely N-dealkylation sites (tertiary alicyclic amines) is 1. The molecule has 0 spiro atoms. The molecule has 0 bridgehead atoms. The van der Waals surface area contributed by atoms with Crippen LogP contribution in [-0.2, 0) is 11.3 Å². The molecule has 2 heterocycles. The van der Waals surface area contributed by atoms with E-state index in [-0.39, 0.29) is 17.5 Å². The summed E-state index contributed by atoms with van der Waals surface area (Å²) in [5.74, 6) is 1.14. The van der Waals surface area contributed by atoms with Crippen molar-refractivity contribution >= 4 is 28.6 Å². The quantitative estimate of drug-likeness (QED) is 0.0464. The Bertz CT molecular complexity index is 2190. The molecule has 1 unspecified atom stereocenters. The summed E-state index contributed by atoms with van der Waals surface area (Å²) < 4.78 is 13.3. The second-order valence-electron chi connectivity index (χ2n) is 18.1. The largest absolute Gasteiger partial charge is 0.373 e. The van der Waals surface area contributed by atoms with E-state index in [1.165, 1.54) is 72.4 Å². The molecule has 6 rings (SSSR count). The third-order valence-corrected chi connectivity index (χ3v) is 12.7. The average Bonchev–Trinajstić information content (AvgIpc) is 3.91. The van der Waals surface area contributed by atoms with E-state index in [1.807, 2.05) is 74.6 Å². The van der Waals surface area contributed by atoms with Gasteiger partial charge in [0.2, 0.25) is 5.91 Å². The van der Waals surface area contributed by atoms with Gasteiger partial charge in [-0.1, -0.05) is 172 Å². The standard InChI is InChI=1S/C30H38N4O.C14H24.C13H17FN2O.4C2H6/c1-21(20-34-15-12-26(13-16-34)25-7-5-24(6-8-25)23(3)35)17-22(2)29(11-14-31-4)27-9-10-30-28(18-27)19-32-33-30;1-4-6-13(7-5-2)14-10-8-12(3)9-11-14;1-4-5-12(13(17)15-3)16-10-7-6-9(2)11(14)8-10;4*1-2/h5-11,17-18,26,31-33H,2,12-16,19-20H2,1,3-4H3;8,10,13H,4-7,9,11H2,1-3H3;4,6-8,12,16H,1,5H2,2-3H3,(H,15,17);4*1-2H3/b21-17+,29-11+;;;;;;.